The molecule has 0 saturated heterocycles. The van der Waals surface area contributed by atoms with Crippen molar-refractivity contribution in [3.63, 3.8) is 0 Å². The highest BCUT2D eigenvalue weighted by molar-refractivity contribution is 6.30. The molecule has 4 nitrogen and oxygen atoms in total. The molecule has 0 unspecified atom stereocenters. The van der Waals surface area contributed by atoms with E-state index >= 15 is 0 Å². The Hall–Kier alpha value is -1.52. The van der Waals surface area contributed by atoms with E-state index in [0.29, 0.717) is 12.3 Å². The van der Waals surface area contributed by atoms with Gasteiger partial charge in [-0.25, -0.2) is 0 Å². The predicted molar refractivity (Wildman–Crippen MR) is 65.5 cm³/mol. The quantitative estimate of drug-likeness (QED) is 0.652. The number of aliphatic hydroxyl groups is 1. The normalized spacial score (nSPS) is 17.3. The number of ether oxygens (including phenoxy) is 1. The van der Waals surface area contributed by atoms with E-state index in [4.69, 9.17) is 4.74 Å². The summed E-state index contributed by atoms with van der Waals surface area (Å²) >= 11 is 0. The van der Waals surface area contributed by atoms with Gasteiger partial charge in [-0.1, -0.05) is 38.1 Å². The number of carbonyl (C=O) groups is 2. The van der Waals surface area contributed by atoms with Crippen LogP contribution in [0.4, 0.5) is 0 Å². The molecule has 18 heavy (non-hydrogen) atoms. The van der Waals surface area contributed by atoms with Gasteiger partial charge in [-0.15, -0.1) is 0 Å². The molecule has 4 heteroatoms. The minimum Gasteiger partial charge on any atom is -0.353 e. The van der Waals surface area contributed by atoms with Gasteiger partial charge in [0.1, 0.15) is 0 Å². The van der Waals surface area contributed by atoms with Crippen molar-refractivity contribution in [1.29, 1.82) is 0 Å². The Bertz CT molecular complexity index is 455. The summed E-state index contributed by atoms with van der Waals surface area (Å²) in [6.45, 7) is 4.18. The first-order valence-electron chi connectivity index (χ1n) is 6.01. The molecule has 1 aromatic carbocycles. The zero-order chi connectivity index (χ0) is 13.3. The fourth-order valence-corrected chi connectivity index (χ4v) is 1.92. The third-order valence-electron chi connectivity index (χ3n) is 3.04. The number of hydrogen-bond donors (Lipinski definition) is 1. The molecule has 0 spiro atoms. The van der Waals surface area contributed by atoms with Crippen LogP contribution in [-0.4, -0.2) is 29.1 Å². The highest BCUT2D eigenvalue weighted by atomic mass is 16.6. The van der Waals surface area contributed by atoms with Gasteiger partial charge >= 0.3 is 0 Å². The summed E-state index contributed by atoms with van der Waals surface area (Å²) in [4.78, 5) is 24.0. The van der Waals surface area contributed by atoms with Gasteiger partial charge < -0.3 is 9.84 Å². The van der Waals surface area contributed by atoms with Crippen molar-refractivity contribution in [3.05, 3.63) is 35.4 Å². The van der Waals surface area contributed by atoms with E-state index in [2.05, 4.69) is 0 Å². The van der Waals surface area contributed by atoms with Crippen molar-refractivity contribution in [2.75, 3.05) is 6.61 Å². The second-order valence-corrected chi connectivity index (χ2v) is 4.88. The summed E-state index contributed by atoms with van der Waals surface area (Å²) in [6.07, 6.45) is 0.680. The summed E-state index contributed by atoms with van der Waals surface area (Å²) in [7, 11) is 0. The van der Waals surface area contributed by atoms with Gasteiger partial charge in [0.05, 0.1) is 6.61 Å². The lowest BCUT2D eigenvalue weighted by Crippen LogP contribution is -2.44. The monoisotopic (exact) mass is 248 g/mol. The average molecular weight is 248 g/mol. The molecule has 0 fully saturated rings. The Morgan fingerprint density at radius 3 is 2.11 bits per heavy atom. The summed E-state index contributed by atoms with van der Waals surface area (Å²) < 4.78 is 5.16. The van der Waals surface area contributed by atoms with Crippen LogP contribution in [0.5, 0.6) is 0 Å². The fraction of sp³-hybridized carbons (Fsp3) is 0.429. The van der Waals surface area contributed by atoms with Gasteiger partial charge in [0.2, 0.25) is 11.6 Å². The van der Waals surface area contributed by atoms with E-state index in [0.717, 1.165) is 0 Å². The molecule has 1 N–H and O–H groups in total. The molecule has 0 bridgehead atoms. The standard InChI is InChI=1S/C14H16O4/c1-9(2)7-8-18-14(17)12(15)10-5-3-4-6-11(10)13(14)16/h3-6,9,17H,7-8H2,1-2H3. The summed E-state index contributed by atoms with van der Waals surface area (Å²) in [6, 6.07) is 6.37. The SMILES string of the molecule is CC(C)CCOC1(O)C(=O)c2ccccc2C1=O. The van der Waals surface area contributed by atoms with Gasteiger partial charge in [-0.2, -0.15) is 0 Å². The number of benzene rings is 1. The van der Waals surface area contributed by atoms with Crippen LogP contribution in [0.15, 0.2) is 24.3 Å². The van der Waals surface area contributed by atoms with E-state index in [1.54, 1.807) is 12.1 Å². The maximum Gasteiger partial charge on any atom is 0.297 e. The molecule has 0 radical (unpaired) electrons. The Morgan fingerprint density at radius 2 is 1.67 bits per heavy atom. The summed E-state index contributed by atoms with van der Waals surface area (Å²) in [5.41, 5.74) is 0.462. The van der Waals surface area contributed by atoms with Crippen LogP contribution in [0.25, 0.3) is 0 Å². The maximum absolute atomic E-state index is 12.0. The predicted octanol–water partition coefficient (Wildman–Crippen LogP) is 1.82. The zero-order valence-electron chi connectivity index (χ0n) is 10.5. The first kappa shape index (κ1) is 12.9. The van der Waals surface area contributed by atoms with Crippen molar-refractivity contribution >= 4 is 11.6 Å². The third kappa shape index (κ3) is 1.98. The molecule has 2 rings (SSSR count). The van der Waals surface area contributed by atoms with Gasteiger partial charge in [-0.05, 0) is 12.3 Å². The van der Waals surface area contributed by atoms with Gasteiger partial charge in [0.15, 0.2) is 0 Å². The first-order valence-corrected chi connectivity index (χ1v) is 6.01. The molecule has 1 aliphatic carbocycles. The van der Waals surface area contributed by atoms with Gasteiger partial charge in [-0.3, -0.25) is 9.59 Å². The molecular weight excluding hydrogens is 232 g/mol. The van der Waals surface area contributed by atoms with E-state index in [1.807, 2.05) is 13.8 Å². The highest BCUT2D eigenvalue weighted by Gasteiger charge is 2.53. The topological polar surface area (TPSA) is 63.6 Å². The number of ketones is 2. The minimum atomic E-state index is -2.32. The lowest BCUT2D eigenvalue weighted by Gasteiger charge is -2.20. The lowest BCUT2D eigenvalue weighted by molar-refractivity contribution is -0.132. The zero-order valence-corrected chi connectivity index (χ0v) is 10.5. The van der Waals surface area contributed by atoms with E-state index in [9.17, 15) is 14.7 Å². The Labute approximate surface area is 106 Å². The molecule has 0 aromatic heterocycles. The fourth-order valence-electron chi connectivity index (χ4n) is 1.92. The van der Waals surface area contributed by atoms with Crippen molar-refractivity contribution in [3.8, 4) is 0 Å². The molecule has 0 atom stereocenters. The number of rotatable bonds is 4. The average Bonchev–Trinajstić information content (AvgIpc) is 2.53. The van der Waals surface area contributed by atoms with Crippen molar-refractivity contribution in [1.82, 2.24) is 0 Å². The highest BCUT2D eigenvalue weighted by Crippen LogP contribution is 2.31. The second kappa shape index (κ2) is 4.63. The third-order valence-corrected chi connectivity index (χ3v) is 3.04. The molecule has 0 amide bonds. The molecule has 0 heterocycles. The van der Waals surface area contributed by atoms with E-state index < -0.39 is 17.4 Å². The number of Topliss-reactive ketones (excluding diaryl/α,β-unsaturated/α-hetero) is 2. The maximum atomic E-state index is 12.0. The molecular formula is C14H16O4. The van der Waals surface area contributed by atoms with Crippen LogP contribution in [0.1, 0.15) is 41.0 Å². The minimum absolute atomic E-state index is 0.180. The van der Waals surface area contributed by atoms with Gasteiger partial charge in [0.25, 0.3) is 5.79 Å². The van der Waals surface area contributed by atoms with Crippen LogP contribution in [-0.2, 0) is 4.74 Å². The Morgan fingerprint density at radius 1 is 1.17 bits per heavy atom. The summed E-state index contributed by atoms with van der Waals surface area (Å²) in [5, 5.41) is 10.1. The molecule has 0 aliphatic heterocycles. The van der Waals surface area contributed by atoms with E-state index in [1.165, 1.54) is 12.1 Å². The van der Waals surface area contributed by atoms with Gasteiger partial charge in [0, 0.05) is 11.1 Å². The number of hydrogen-bond acceptors (Lipinski definition) is 4. The Kier molecular flexibility index (Phi) is 3.32. The van der Waals surface area contributed by atoms with Crippen LogP contribution >= 0.6 is 0 Å². The first-order chi connectivity index (χ1) is 8.47. The van der Waals surface area contributed by atoms with Crippen molar-refractivity contribution < 1.29 is 19.4 Å². The molecule has 96 valence electrons. The van der Waals surface area contributed by atoms with Crippen molar-refractivity contribution in [2.45, 2.75) is 26.1 Å². The Balaban J connectivity index is 2.21. The van der Waals surface area contributed by atoms with Crippen LogP contribution in [0.2, 0.25) is 0 Å². The molecule has 1 aliphatic rings. The van der Waals surface area contributed by atoms with E-state index in [-0.39, 0.29) is 17.7 Å². The van der Waals surface area contributed by atoms with Crippen molar-refractivity contribution in [2.24, 2.45) is 5.92 Å². The largest absolute Gasteiger partial charge is 0.353 e. The van der Waals surface area contributed by atoms with Crippen LogP contribution < -0.4 is 0 Å². The second-order valence-electron chi connectivity index (χ2n) is 4.88. The lowest BCUT2D eigenvalue weighted by atomic mass is 10.1. The van der Waals surface area contributed by atoms with Crippen LogP contribution in [0.3, 0.4) is 0 Å². The summed E-state index contributed by atoms with van der Waals surface area (Å²) in [5.74, 6) is -3.26. The van der Waals surface area contributed by atoms with Crippen LogP contribution in [0, 0.1) is 5.92 Å². The number of fused-ring (bicyclic) bond motifs is 1. The molecule has 0 saturated carbocycles. The smallest absolute Gasteiger partial charge is 0.297 e. The molecule has 1 aromatic rings. The number of carbonyl (C=O) groups excluding carboxylic acids is 2.